The maximum Gasteiger partial charge on any atom is 0.397 e. The lowest BCUT2D eigenvalue weighted by molar-refractivity contribution is -0.162. The zero-order valence-corrected chi connectivity index (χ0v) is 23.6. The van der Waals surface area contributed by atoms with Crippen molar-refractivity contribution < 1.29 is 26.7 Å². The number of benzene rings is 1. The molecule has 9 nitrogen and oxygen atoms in total. The van der Waals surface area contributed by atoms with Gasteiger partial charge >= 0.3 is 6.18 Å². The summed E-state index contributed by atoms with van der Waals surface area (Å²) in [7, 11) is 0. The molecule has 0 spiro atoms. The molecule has 2 atom stereocenters. The smallest absolute Gasteiger partial charge is 0.340 e. The second-order valence-corrected chi connectivity index (χ2v) is 11.4. The summed E-state index contributed by atoms with van der Waals surface area (Å²) >= 11 is 0. The number of anilines is 2. The van der Waals surface area contributed by atoms with Crippen molar-refractivity contribution in [3.05, 3.63) is 54.0 Å². The number of carbonyl (C=O) groups excluding carboxylic acids is 1. The monoisotopic (exact) mass is 602 g/mol. The Bertz CT molecular complexity index is 1640. The number of fused-ring (bicyclic) bond motifs is 1. The van der Waals surface area contributed by atoms with E-state index in [1.54, 1.807) is 23.3 Å². The Kier molecular flexibility index (Phi) is 7.35. The molecule has 1 saturated carbocycles. The number of alkyl halides is 5. The van der Waals surface area contributed by atoms with Crippen molar-refractivity contribution in [2.24, 2.45) is 5.92 Å². The number of rotatable bonds is 8. The van der Waals surface area contributed by atoms with Gasteiger partial charge in [0.25, 0.3) is 5.92 Å². The van der Waals surface area contributed by atoms with Gasteiger partial charge in [-0.25, -0.2) is 18.7 Å². The fourth-order valence-corrected chi connectivity index (χ4v) is 5.58. The standard InChI is InChI=1S/C29H31F5N8O/c1-17-9-23-24(11-22(17)20-14-36-42(15-20)16-21-12-28(21,30)31)38-27(37-23)39-25-10-19(3-4-35-25)18(2)40-5-7-41(8-6-40)26(43)13-29(32,33)34/h3-4,9-11,14-15,18,21H,5-8,12-13,16H2,1-2H3,(H2,35,37,38,39). The molecule has 1 saturated heterocycles. The number of piperazine rings is 1. The molecule has 14 heteroatoms. The van der Waals surface area contributed by atoms with Crippen LogP contribution in [-0.4, -0.2) is 78.7 Å². The Morgan fingerprint density at radius 1 is 1.19 bits per heavy atom. The lowest BCUT2D eigenvalue weighted by Gasteiger charge is -2.38. The molecule has 1 aliphatic carbocycles. The summed E-state index contributed by atoms with van der Waals surface area (Å²) in [5.74, 6) is -3.08. The first kappa shape index (κ1) is 29.0. The predicted octanol–water partition coefficient (Wildman–Crippen LogP) is 5.69. The van der Waals surface area contributed by atoms with Crippen LogP contribution < -0.4 is 5.32 Å². The predicted molar refractivity (Wildman–Crippen MR) is 150 cm³/mol. The second-order valence-electron chi connectivity index (χ2n) is 11.4. The van der Waals surface area contributed by atoms with Crippen molar-refractivity contribution in [2.75, 3.05) is 31.5 Å². The summed E-state index contributed by atoms with van der Waals surface area (Å²) in [6, 6.07) is 7.64. The molecule has 1 aromatic carbocycles. The molecule has 0 bridgehead atoms. The van der Waals surface area contributed by atoms with Gasteiger partial charge in [-0.1, -0.05) is 0 Å². The van der Waals surface area contributed by atoms with Crippen LogP contribution in [0, 0.1) is 12.8 Å². The average Bonchev–Trinajstić information content (AvgIpc) is 3.25. The summed E-state index contributed by atoms with van der Waals surface area (Å²) in [4.78, 5) is 27.7. The van der Waals surface area contributed by atoms with Gasteiger partial charge in [0.2, 0.25) is 11.9 Å². The maximum absolute atomic E-state index is 13.3. The minimum atomic E-state index is -4.51. The second kappa shape index (κ2) is 10.9. The molecule has 6 rings (SSSR count). The van der Waals surface area contributed by atoms with Crippen molar-refractivity contribution in [3.8, 4) is 11.1 Å². The van der Waals surface area contributed by atoms with Gasteiger partial charge in [0.1, 0.15) is 12.2 Å². The van der Waals surface area contributed by atoms with Gasteiger partial charge in [0.05, 0.1) is 17.2 Å². The Hall–Kier alpha value is -4.07. The van der Waals surface area contributed by atoms with E-state index in [0.29, 0.717) is 30.4 Å². The molecule has 2 aliphatic rings. The number of pyridine rings is 1. The van der Waals surface area contributed by atoms with Crippen LogP contribution in [0.2, 0.25) is 0 Å². The van der Waals surface area contributed by atoms with E-state index in [-0.39, 0.29) is 32.1 Å². The zero-order chi connectivity index (χ0) is 30.5. The number of carbonyl (C=O) groups is 1. The molecule has 2 unspecified atom stereocenters. The Balaban J connectivity index is 1.11. The summed E-state index contributed by atoms with van der Waals surface area (Å²) in [5, 5.41) is 7.48. The average molecular weight is 603 g/mol. The highest BCUT2D eigenvalue weighted by Gasteiger charge is 2.56. The van der Waals surface area contributed by atoms with Crippen LogP contribution in [0.5, 0.6) is 0 Å². The number of hydrogen-bond donors (Lipinski definition) is 2. The summed E-state index contributed by atoms with van der Waals surface area (Å²) in [5.41, 5.74) is 5.21. The molecule has 0 radical (unpaired) electrons. The highest BCUT2D eigenvalue weighted by molar-refractivity contribution is 5.85. The quantitative estimate of drug-likeness (QED) is 0.252. The first-order chi connectivity index (χ1) is 20.3. The Morgan fingerprint density at radius 3 is 2.63 bits per heavy atom. The summed E-state index contributed by atoms with van der Waals surface area (Å²) < 4.78 is 66.0. The number of nitrogens with zero attached hydrogens (tertiary/aromatic N) is 6. The number of amides is 1. The van der Waals surface area contributed by atoms with E-state index >= 15 is 0 Å². The summed E-state index contributed by atoms with van der Waals surface area (Å²) in [6.45, 7) is 5.58. The molecule has 4 aromatic rings. The van der Waals surface area contributed by atoms with E-state index in [1.165, 1.54) is 4.90 Å². The molecule has 4 heterocycles. The highest BCUT2D eigenvalue weighted by Crippen LogP contribution is 2.49. The largest absolute Gasteiger partial charge is 0.397 e. The van der Waals surface area contributed by atoms with Gasteiger partial charge in [0, 0.05) is 69.1 Å². The van der Waals surface area contributed by atoms with E-state index in [1.807, 2.05) is 38.1 Å². The lowest BCUT2D eigenvalue weighted by Crippen LogP contribution is -2.50. The minimum Gasteiger partial charge on any atom is -0.340 e. The van der Waals surface area contributed by atoms with E-state index in [4.69, 9.17) is 0 Å². The van der Waals surface area contributed by atoms with Gasteiger partial charge in [0.15, 0.2) is 0 Å². The van der Waals surface area contributed by atoms with E-state index in [0.717, 1.165) is 27.8 Å². The number of H-pyrrole nitrogens is 1. The summed E-state index contributed by atoms with van der Waals surface area (Å²) in [6.07, 6.45) is -0.896. The normalized spacial score (nSPS) is 19.5. The Morgan fingerprint density at radius 2 is 1.93 bits per heavy atom. The fraction of sp³-hybridized carbons (Fsp3) is 0.448. The third kappa shape index (κ3) is 6.48. The zero-order valence-electron chi connectivity index (χ0n) is 23.6. The molecule has 3 aromatic heterocycles. The van der Waals surface area contributed by atoms with Gasteiger partial charge < -0.3 is 15.2 Å². The molecule has 2 N–H and O–H groups in total. The van der Waals surface area contributed by atoms with E-state index in [9.17, 15) is 26.7 Å². The van der Waals surface area contributed by atoms with Crippen LogP contribution in [0.1, 0.15) is 36.9 Å². The topological polar surface area (TPSA) is 95.0 Å². The van der Waals surface area contributed by atoms with Crippen LogP contribution >= 0.6 is 0 Å². The van der Waals surface area contributed by atoms with E-state index < -0.39 is 30.3 Å². The Labute approximate surface area is 244 Å². The van der Waals surface area contributed by atoms with Crippen molar-refractivity contribution in [3.63, 3.8) is 0 Å². The van der Waals surface area contributed by atoms with Gasteiger partial charge in [-0.3, -0.25) is 14.4 Å². The van der Waals surface area contributed by atoms with Crippen LogP contribution in [0.3, 0.4) is 0 Å². The fourth-order valence-electron chi connectivity index (χ4n) is 5.58. The number of aromatic nitrogens is 5. The van der Waals surface area contributed by atoms with Gasteiger partial charge in [-0.05, 0) is 54.8 Å². The third-order valence-electron chi connectivity index (χ3n) is 8.21. The van der Waals surface area contributed by atoms with Crippen molar-refractivity contribution in [1.29, 1.82) is 0 Å². The molecule has 43 heavy (non-hydrogen) atoms. The van der Waals surface area contributed by atoms with Crippen LogP contribution in [0.15, 0.2) is 42.9 Å². The molecule has 1 amide bonds. The lowest BCUT2D eigenvalue weighted by atomic mass is 10.0. The van der Waals surface area contributed by atoms with Crippen molar-refractivity contribution in [1.82, 2.24) is 34.5 Å². The van der Waals surface area contributed by atoms with Crippen molar-refractivity contribution in [2.45, 2.75) is 51.4 Å². The maximum atomic E-state index is 13.3. The minimum absolute atomic E-state index is 0.0450. The molecule has 228 valence electrons. The number of halogens is 5. The van der Waals surface area contributed by atoms with Gasteiger partial charge in [-0.2, -0.15) is 18.3 Å². The molecule has 2 fully saturated rings. The van der Waals surface area contributed by atoms with Gasteiger partial charge in [-0.15, -0.1) is 0 Å². The van der Waals surface area contributed by atoms with Crippen molar-refractivity contribution >= 4 is 28.7 Å². The first-order valence-corrected chi connectivity index (χ1v) is 14.1. The third-order valence-corrected chi connectivity index (χ3v) is 8.21. The van der Waals surface area contributed by atoms with Crippen LogP contribution in [-0.2, 0) is 11.3 Å². The number of aromatic amines is 1. The van der Waals surface area contributed by atoms with E-state index in [2.05, 4.69) is 30.3 Å². The molecular weight excluding hydrogens is 571 g/mol. The highest BCUT2D eigenvalue weighted by atomic mass is 19.4. The number of nitrogens with one attached hydrogen (secondary N) is 2. The molecule has 1 aliphatic heterocycles. The SMILES string of the molecule is Cc1cc2[nH]c(Nc3cc(C(C)N4CCN(C(=O)CC(F)(F)F)CC4)ccn3)nc2cc1-c1cnn(CC2CC2(F)F)c1. The van der Waals surface area contributed by atoms with Crippen LogP contribution in [0.25, 0.3) is 22.2 Å². The first-order valence-electron chi connectivity index (χ1n) is 14.1. The number of aryl methyl sites for hydroxylation is 1. The number of imidazole rings is 1. The van der Waals surface area contributed by atoms with Crippen LogP contribution in [0.4, 0.5) is 33.7 Å². The molecular formula is C29H31F5N8O. The number of hydrogen-bond acceptors (Lipinski definition) is 6.